The molecule has 0 amide bonds. The standard InChI is InChI=1S/C28H28BrClN2O5S/c1-5-12-37-25-19(29)13-17(14-21(25)35-6-2)15-22-26(33)32-24(18-10-8-9-11-20(18)30)23(27(34)36-7-3)16(4)31-28(32)38-22/h8-11,13-15,24H,5-7,12H2,1-4H3/b22-15+/t24-/m0/s1. The van der Waals surface area contributed by atoms with Gasteiger partial charge in [0.15, 0.2) is 16.3 Å². The summed E-state index contributed by atoms with van der Waals surface area (Å²) in [6, 6.07) is 10.1. The molecule has 0 spiro atoms. The van der Waals surface area contributed by atoms with E-state index >= 15 is 0 Å². The van der Waals surface area contributed by atoms with Gasteiger partial charge in [0, 0.05) is 5.02 Å². The Balaban J connectivity index is 1.91. The van der Waals surface area contributed by atoms with Gasteiger partial charge in [0.05, 0.1) is 40.1 Å². The van der Waals surface area contributed by atoms with Gasteiger partial charge in [0.1, 0.15) is 6.04 Å². The van der Waals surface area contributed by atoms with E-state index in [4.69, 9.17) is 25.8 Å². The van der Waals surface area contributed by atoms with Crippen molar-refractivity contribution < 1.29 is 19.0 Å². The summed E-state index contributed by atoms with van der Waals surface area (Å²) >= 11 is 11.4. The molecule has 0 N–H and O–H groups in total. The van der Waals surface area contributed by atoms with Crippen molar-refractivity contribution in [1.29, 1.82) is 0 Å². The molecule has 7 nitrogen and oxygen atoms in total. The van der Waals surface area contributed by atoms with Crippen molar-refractivity contribution in [2.75, 3.05) is 19.8 Å². The van der Waals surface area contributed by atoms with Gasteiger partial charge in [-0.2, -0.15) is 0 Å². The molecule has 0 saturated heterocycles. The number of esters is 1. The predicted octanol–water partition coefficient (Wildman–Crippen LogP) is 5.40. The number of fused-ring (bicyclic) bond motifs is 1. The molecule has 1 atom stereocenters. The fourth-order valence-electron chi connectivity index (χ4n) is 4.21. The van der Waals surface area contributed by atoms with Crippen molar-refractivity contribution in [2.45, 2.75) is 40.2 Å². The number of rotatable bonds is 9. The SMILES string of the molecule is CCCOc1c(Br)cc(/C=c2/sc3n(c2=O)[C@@H](c2ccccc2Cl)C(C(=O)OCC)=C(C)N=3)cc1OCC. The van der Waals surface area contributed by atoms with Crippen LogP contribution in [-0.2, 0) is 9.53 Å². The quantitative estimate of drug-likeness (QED) is 0.300. The second-order valence-electron chi connectivity index (χ2n) is 8.44. The van der Waals surface area contributed by atoms with E-state index in [-0.39, 0.29) is 17.7 Å². The molecule has 0 unspecified atom stereocenters. The molecule has 1 aliphatic rings. The number of aromatic nitrogens is 1. The van der Waals surface area contributed by atoms with Gasteiger partial charge in [-0.25, -0.2) is 9.79 Å². The average molecular weight is 620 g/mol. The van der Waals surface area contributed by atoms with Gasteiger partial charge in [0.2, 0.25) is 0 Å². The number of thiazole rings is 1. The highest BCUT2D eigenvalue weighted by atomic mass is 79.9. The van der Waals surface area contributed by atoms with Crippen LogP contribution in [0.5, 0.6) is 11.5 Å². The summed E-state index contributed by atoms with van der Waals surface area (Å²) < 4.78 is 19.7. The zero-order valence-electron chi connectivity index (χ0n) is 21.5. The molecule has 0 fully saturated rings. The van der Waals surface area contributed by atoms with Crippen LogP contribution in [0.1, 0.15) is 51.3 Å². The average Bonchev–Trinajstić information content (AvgIpc) is 3.17. The van der Waals surface area contributed by atoms with Crippen LogP contribution in [0.15, 0.2) is 61.9 Å². The first-order valence-corrected chi connectivity index (χ1v) is 14.3. The summed E-state index contributed by atoms with van der Waals surface area (Å²) in [6.45, 7) is 8.64. The summed E-state index contributed by atoms with van der Waals surface area (Å²) in [5, 5.41) is 0.441. The van der Waals surface area contributed by atoms with Crippen molar-refractivity contribution in [3.63, 3.8) is 0 Å². The van der Waals surface area contributed by atoms with Crippen LogP contribution in [0.3, 0.4) is 0 Å². The Hall–Kier alpha value is -2.88. The molecule has 2 heterocycles. The zero-order chi connectivity index (χ0) is 27.4. The van der Waals surface area contributed by atoms with Gasteiger partial charge in [-0.15, -0.1) is 0 Å². The first-order chi connectivity index (χ1) is 18.3. The number of allylic oxidation sites excluding steroid dienone is 1. The maximum atomic E-state index is 13.8. The first kappa shape index (κ1) is 28.1. The number of hydrogen-bond donors (Lipinski definition) is 0. The number of halogens is 2. The molecule has 1 aromatic heterocycles. The van der Waals surface area contributed by atoms with Crippen LogP contribution in [0.25, 0.3) is 6.08 Å². The molecule has 200 valence electrons. The summed E-state index contributed by atoms with van der Waals surface area (Å²) in [5.41, 5.74) is 1.87. The molecule has 10 heteroatoms. The number of carbonyl (C=O) groups excluding carboxylic acids is 1. The monoisotopic (exact) mass is 618 g/mol. The number of ether oxygens (including phenoxy) is 3. The van der Waals surface area contributed by atoms with E-state index in [1.54, 1.807) is 32.1 Å². The Bertz CT molecular complexity index is 1580. The fraction of sp³-hybridized carbons (Fsp3) is 0.321. The molecular weight excluding hydrogens is 592 g/mol. The number of benzene rings is 2. The fourth-order valence-corrected chi connectivity index (χ4v) is 6.07. The lowest BCUT2D eigenvalue weighted by Crippen LogP contribution is -2.40. The van der Waals surface area contributed by atoms with Crippen LogP contribution in [0.4, 0.5) is 0 Å². The predicted molar refractivity (Wildman–Crippen MR) is 153 cm³/mol. The summed E-state index contributed by atoms with van der Waals surface area (Å²) in [6.07, 6.45) is 2.65. The molecule has 4 rings (SSSR count). The molecule has 2 aromatic carbocycles. The third-order valence-electron chi connectivity index (χ3n) is 5.80. The maximum Gasteiger partial charge on any atom is 0.338 e. The first-order valence-electron chi connectivity index (χ1n) is 12.3. The second kappa shape index (κ2) is 12.3. The highest BCUT2D eigenvalue weighted by Crippen LogP contribution is 2.37. The number of carbonyl (C=O) groups is 1. The Labute approximate surface area is 238 Å². The van der Waals surface area contributed by atoms with Crippen molar-refractivity contribution in [3.8, 4) is 11.5 Å². The molecule has 0 saturated carbocycles. The molecular formula is C28H28BrClN2O5S. The van der Waals surface area contributed by atoms with Crippen LogP contribution < -0.4 is 24.4 Å². The van der Waals surface area contributed by atoms with E-state index in [1.165, 1.54) is 15.9 Å². The normalized spacial score (nSPS) is 15.2. The van der Waals surface area contributed by atoms with Crippen molar-refractivity contribution in [2.24, 2.45) is 4.99 Å². The third-order valence-corrected chi connectivity index (χ3v) is 7.71. The maximum absolute atomic E-state index is 13.8. The number of hydrogen-bond acceptors (Lipinski definition) is 7. The van der Waals surface area contributed by atoms with Crippen LogP contribution >= 0.6 is 38.9 Å². The van der Waals surface area contributed by atoms with Crippen molar-refractivity contribution in [1.82, 2.24) is 4.57 Å². The van der Waals surface area contributed by atoms with Gasteiger partial charge >= 0.3 is 5.97 Å². The molecule has 0 aliphatic carbocycles. The topological polar surface area (TPSA) is 79.1 Å². The lowest BCUT2D eigenvalue weighted by Gasteiger charge is -2.25. The molecule has 0 bridgehead atoms. The van der Waals surface area contributed by atoms with Crippen LogP contribution in [0.2, 0.25) is 5.02 Å². The van der Waals surface area contributed by atoms with E-state index in [1.807, 2.05) is 38.1 Å². The van der Waals surface area contributed by atoms with E-state index in [0.29, 0.717) is 50.3 Å². The van der Waals surface area contributed by atoms with Crippen LogP contribution in [-0.4, -0.2) is 30.4 Å². The summed E-state index contributed by atoms with van der Waals surface area (Å²) in [4.78, 5) is 32.0. The Morgan fingerprint density at radius 3 is 2.63 bits per heavy atom. The summed E-state index contributed by atoms with van der Waals surface area (Å²) in [5.74, 6) is 0.686. The Kier molecular flexibility index (Phi) is 9.12. The smallest absolute Gasteiger partial charge is 0.338 e. The van der Waals surface area contributed by atoms with E-state index < -0.39 is 12.0 Å². The van der Waals surface area contributed by atoms with Gasteiger partial charge in [0.25, 0.3) is 5.56 Å². The molecule has 38 heavy (non-hydrogen) atoms. The minimum Gasteiger partial charge on any atom is -0.490 e. The molecule has 0 radical (unpaired) electrons. The minimum absolute atomic E-state index is 0.199. The lowest BCUT2D eigenvalue weighted by molar-refractivity contribution is -0.139. The largest absolute Gasteiger partial charge is 0.490 e. The van der Waals surface area contributed by atoms with Crippen LogP contribution in [0, 0.1) is 0 Å². The van der Waals surface area contributed by atoms with Crippen molar-refractivity contribution >= 4 is 50.9 Å². The molecule has 1 aliphatic heterocycles. The summed E-state index contributed by atoms with van der Waals surface area (Å²) in [7, 11) is 0. The minimum atomic E-state index is -0.767. The second-order valence-corrected chi connectivity index (χ2v) is 10.7. The Morgan fingerprint density at radius 1 is 1.18 bits per heavy atom. The van der Waals surface area contributed by atoms with E-state index in [9.17, 15) is 9.59 Å². The zero-order valence-corrected chi connectivity index (χ0v) is 24.7. The van der Waals surface area contributed by atoms with Gasteiger partial charge in [-0.05, 0) is 78.5 Å². The molecule has 3 aromatic rings. The number of nitrogens with zero attached hydrogens (tertiary/aromatic N) is 2. The van der Waals surface area contributed by atoms with Gasteiger partial charge in [-0.1, -0.05) is 48.1 Å². The Morgan fingerprint density at radius 2 is 1.95 bits per heavy atom. The lowest BCUT2D eigenvalue weighted by atomic mass is 9.96. The van der Waals surface area contributed by atoms with Gasteiger partial charge < -0.3 is 14.2 Å². The highest BCUT2D eigenvalue weighted by molar-refractivity contribution is 9.10. The van der Waals surface area contributed by atoms with Gasteiger partial charge in [-0.3, -0.25) is 9.36 Å². The highest BCUT2D eigenvalue weighted by Gasteiger charge is 2.34. The van der Waals surface area contributed by atoms with E-state index in [0.717, 1.165) is 16.5 Å². The van der Waals surface area contributed by atoms with E-state index in [2.05, 4.69) is 20.9 Å². The van der Waals surface area contributed by atoms with Crippen molar-refractivity contribution in [3.05, 3.63) is 88.0 Å². The third kappa shape index (κ3) is 5.60.